The molecule has 0 aliphatic heterocycles. The lowest BCUT2D eigenvalue weighted by Crippen LogP contribution is -1.93. The lowest BCUT2D eigenvalue weighted by atomic mass is 10.1. The minimum Gasteiger partial charge on any atom is -0.455 e. The molecular weight excluding hydrogens is 328 g/mol. The summed E-state index contributed by atoms with van der Waals surface area (Å²) in [5.41, 5.74) is 1.79. The second-order valence-corrected chi connectivity index (χ2v) is 5.70. The number of halogens is 2. The molecule has 0 fully saturated rings. The molecule has 4 heteroatoms. The van der Waals surface area contributed by atoms with Gasteiger partial charge in [-0.05, 0) is 49.2 Å². The Balaban J connectivity index is 2.31. The smallest absolute Gasteiger partial charge is 0.146 e. The molecule has 100 valence electrons. The minimum absolute atomic E-state index is 0.484. The lowest BCUT2D eigenvalue weighted by Gasteiger charge is -2.12. The third-order valence-electron chi connectivity index (χ3n) is 2.81. The van der Waals surface area contributed by atoms with Crippen LogP contribution in [0.4, 0.5) is 0 Å². The molecule has 2 aromatic carbocycles. The van der Waals surface area contributed by atoms with Gasteiger partial charge in [0.15, 0.2) is 0 Å². The number of hydrogen-bond acceptors (Lipinski definition) is 2. The van der Waals surface area contributed by atoms with Crippen LogP contribution >= 0.6 is 27.5 Å². The fourth-order valence-corrected chi connectivity index (χ4v) is 2.23. The molecule has 19 heavy (non-hydrogen) atoms. The zero-order valence-corrected chi connectivity index (χ0v) is 13.0. The van der Waals surface area contributed by atoms with Gasteiger partial charge in [0.25, 0.3) is 0 Å². The summed E-state index contributed by atoms with van der Waals surface area (Å²) >= 11 is 9.58. The summed E-state index contributed by atoms with van der Waals surface area (Å²) in [6, 6.07) is 11.1. The number of hydrogen-bond donors (Lipinski definition) is 1. The van der Waals surface area contributed by atoms with Gasteiger partial charge in [0.2, 0.25) is 0 Å². The number of benzene rings is 2. The van der Waals surface area contributed by atoms with Gasteiger partial charge in [-0.25, -0.2) is 0 Å². The topological polar surface area (TPSA) is 29.5 Å². The molecule has 0 radical (unpaired) electrons. The van der Waals surface area contributed by atoms with Crippen LogP contribution in [0.1, 0.15) is 24.2 Å². The highest BCUT2D eigenvalue weighted by Gasteiger charge is 2.09. The van der Waals surface area contributed by atoms with Gasteiger partial charge in [-0.15, -0.1) is 0 Å². The maximum Gasteiger partial charge on any atom is 0.146 e. The quantitative estimate of drug-likeness (QED) is 0.825. The molecule has 0 aliphatic carbocycles. The summed E-state index contributed by atoms with van der Waals surface area (Å²) < 4.78 is 6.76. The number of ether oxygens (including phenoxy) is 1. The summed E-state index contributed by atoms with van der Waals surface area (Å²) in [5, 5.41) is 9.99. The number of aliphatic hydroxyl groups is 1. The molecule has 0 aromatic heterocycles. The van der Waals surface area contributed by atoms with Gasteiger partial charge in [0.1, 0.15) is 11.5 Å². The zero-order chi connectivity index (χ0) is 14.0. The molecule has 0 heterocycles. The van der Waals surface area contributed by atoms with Crippen molar-refractivity contribution < 1.29 is 9.84 Å². The van der Waals surface area contributed by atoms with Crippen molar-refractivity contribution >= 4 is 27.5 Å². The first-order valence-corrected chi connectivity index (χ1v) is 7.06. The van der Waals surface area contributed by atoms with E-state index in [2.05, 4.69) is 15.9 Å². The lowest BCUT2D eigenvalue weighted by molar-refractivity contribution is 0.199. The van der Waals surface area contributed by atoms with Crippen molar-refractivity contribution in [3.63, 3.8) is 0 Å². The van der Waals surface area contributed by atoms with Crippen LogP contribution in [0.5, 0.6) is 11.5 Å². The van der Waals surface area contributed by atoms with Crippen LogP contribution in [0.15, 0.2) is 40.9 Å². The summed E-state index contributed by atoms with van der Waals surface area (Å²) in [5.74, 6) is 1.33. The number of aryl methyl sites for hydroxylation is 1. The van der Waals surface area contributed by atoms with Crippen LogP contribution < -0.4 is 4.74 Å². The van der Waals surface area contributed by atoms with Crippen LogP contribution in [0.3, 0.4) is 0 Å². The van der Waals surface area contributed by atoms with Crippen molar-refractivity contribution in [1.29, 1.82) is 0 Å². The average Bonchev–Trinajstić information content (AvgIpc) is 2.36. The second-order valence-electron chi connectivity index (χ2n) is 4.38. The maximum absolute atomic E-state index is 9.50. The SMILES string of the molecule is Cc1ccc(Br)cc1Oc1ccc([C@@H](C)O)cc1Cl. The number of rotatable bonds is 3. The van der Waals surface area contributed by atoms with Gasteiger partial charge in [-0.3, -0.25) is 0 Å². The summed E-state index contributed by atoms with van der Waals surface area (Å²) in [4.78, 5) is 0. The van der Waals surface area contributed by atoms with Gasteiger partial charge < -0.3 is 9.84 Å². The van der Waals surface area contributed by atoms with Gasteiger partial charge >= 0.3 is 0 Å². The standard InChI is InChI=1S/C15H14BrClO2/c1-9-3-5-12(16)8-15(9)19-14-6-4-11(10(2)18)7-13(14)17/h3-8,10,18H,1-2H3/t10-/m1/s1. The van der Waals surface area contributed by atoms with Crippen molar-refractivity contribution in [3.05, 3.63) is 57.0 Å². The average molecular weight is 342 g/mol. The van der Waals surface area contributed by atoms with Crippen molar-refractivity contribution in [1.82, 2.24) is 0 Å². The Morgan fingerprint density at radius 2 is 1.89 bits per heavy atom. The second kappa shape index (κ2) is 5.95. The van der Waals surface area contributed by atoms with Crippen LogP contribution in [0.2, 0.25) is 5.02 Å². The Labute approximate surface area is 126 Å². The van der Waals surface area contributed by atoms with Crippen molar-refractivity contribution in [2.45, 2.75) is 20.0 Å². The van der Waals surface area contributed by atoms with E-state index in [1.807, 2.05) is 25.1 Å². The molecule has 0 saturated carbocycles. The van der Waals surface area contributed by atoms with Gasteiger partial charge in [0.05, 0.1) is 11.1 Å². The van der Waals surface area contributed by atoms with Gasteiger partial charge in [-0.1, -0.05) is 39.7 Å². The monoisotopic (exact) mass is 340 g/mol. The molecule has 0 saturated heterocycles. The fourth-order valence-electron chi connectivity index (χ4n) is 1.66. The van der Waals surface area contributed by atoms with Crippen LogP contribution in [0.25, 0.3) is 0 Å². The Hall–Kier alpha value is -1.03. The first-order valence-electron chi connectivity index (χ1n) is 5.89. The number of aliphatic hydroxyl groups excluding tert-OH is 1. The highest BCUT2D eigenvalue weighted by Crippen LogP contribution is 2.34. The zero-order valence-electron chi connectivity index (χ0n) is 10.7. The van der Waals surface area contributed by atoms with Gasteiger partial charge in [-0.2, -0.15) is 0 Å². The highest BCUT2D eigenvalue weighted by molar-refractivity contribution is 9.10. The molecule has 1 atom stereocenters. The summed E-state index contributed by atoms with van der Waals surface area (Å²) in [7, 11) is 0. The minimum atomic E-state index is -0.542. The van der Waals surface area contributed by atoms with E-state index < -0.39 is 6.10 Å². The van der Waals surface area contributed by atoms with Gasteiger partial charge in [0, 0.05) is 4.47 Å². The van der Waals surface area contributed by atoms with Crippen molar-refractivity contribution in [2.24, 2.45) is 0 Å². The van der Waals surface area contributed by atoms with E-state index in [4.69, 9.17) is 16.3 Å². The van der Waals surface area contributed by atoms with Crippen molar-refractivity contribution in [3.8, 4) is 11.5 Å². The van der Waals surface area contributed by atoms with Crippen LogP contribution in [0, 0.1) is 6.92 Å². The highest BCUT2D eigenvalue weighted by atomic mass is 79.9. The fraction of sp³-hybridized carbons (Fsp3) is 0.200. The normalized spacial score (nSPS) is 12.3. The molecule has 0 spiro atoms. The Morgan fingerprint density at radius 3 is 2.53 bits per heavy atom. The summed E-state index contributed by atoms with van der Waals surface area (Å²) in [6.07, 6.45) is -0.542. The first-order chi connectivity index (χ1) is 8.97. The molecular formula is C15H14BrClO2. The molecule has 2 nitrogen and oxygen atoms in total. The molecule has 1 N–H and O–H groups in total. The van der Waals surface area contributed by atoms with E-state index in [1.54, 1.807) is 25.1 Å². The molecule has 2 rings (SSSR count). The molecule has 0 aliphatic rings. The van der Waals surface area contributed by atoms with Crippen LogP contribution in [-0.2, 0) is 0 Å². The molecule has 0 amide bonds. The molecule has 0 unspecified atom stereocenters. The van der Waals surface area contributed by atoms with E-state index in [9.17, 15) is 5.11 Å². The predicted molar refractivity (Wildman–Crippen MR) is 81.0 cm³/mol. The predicted octanol–water partition coefficient (Wildman–Crippen LogP) is 5.26. The maximum atomic E-state index is 9.50. The van der Waals surface area contributed by atoms with E-state index >= 15 is 0 Å². The van der Waals surface area contributed by atoms with E-state index in [1.165, 1.54) is 0 Å². The molecule has 0 bridgehead atoms. The van der Waals surface area contributed by atoms with E-state index in [-0.39, 0.29) is 0 Å². The molecule has 2 aromatic rings. The largest absolute Gasteiger partial charge is 0.455 e. The van der Waals surface area contributed by atoms with E-state index in [0.29, 0.717) is 10.8 Å². The van der Waals surface area contributed by atoms with Crippen molar-refractivity contribution in [2.75, 3.05) is 0 Å². The third-order valence-corrected chi connectivity index (χ3v) is 3.60. The third kappa shape index (κ3) is 3.50. The summed E-state index contributed by atoms with van der Waals surface area (Å²) in [6.45, 7) is 3.67. The first kappa shape index (κ1) is 14.4. The van der Waals surface area contributed by atoms with E-state index in [0.717, 1.165) is 21.3 Å². The Morgan fingerprint density at radius 1 is 1.16 bits per heavy atom. The Bertz CT molecular complexity index is 597. The Kier molecular flexibility index (Phi) is 4.50. The van der Waals surface area contributed by atoms with Crippen LogP contribution in [-0.4, -0.2) is 5.11 Å².